The molecular formula is C12H12F7N. The summed E-state index contributed by atoms with van der Waals surface area (Å²) >= 11 is 0. The Morgan fingerprint density at radius 1 is 1.05 bits per heavy atom. The van der Waals surface area contributed by atoms with Crippen LogP contribution in [0.2, 0.25) is 0 Å². The van der Waals surface area contributed by atoms with Gasteiger partial charge in [-0.1, -0.05) is 0 Å². The molecule has 0 saturated carbocycles. The first-order chi connectivity index (χ1) is 9.00. The summed E-state index contributed by atoms with van der Waals surface area (Å²) in [7, 11) is 0. The van der Waals surface area contributed by atoms with Crippen molar-refractivity contribution in [3.05, 3.63) is 35.1 Å². The molecule has 1 atom stereocenters. The first-order valence-corrected chi connectivity index (χ1v) is 5.69. The monoisotopic (exact) mass is 303 g/mol. The highest BCUT2D eigenvalue weighted by Gasteiger charge is 2.32. The van der Waals surface area contributed by atoms with Crippen LogP contribution >= 0.6 is 0 Å². The predicted molar refractivity (Wildman–Crippen MR) is 58.2 cm³/mol. The Morgan fingerprint density at radius 2 is 1.65 bits per heavy atom. The molecule has 1 nitrogen and oxygen atoms in total. The molecule has 0 aliphatic heterocycles. The average molecular weight is 303 g/mol. The number of rotatable bonds is 4. The van der Waals surface area contributed by atoms with Crippen LogP contribution in [0.5, 0.6) is 0 Å². The fourth-order valence-corrected chi connectivity index (χ4v) is 1.68. The van der Waals surface area contributed by atoms with E-state index in [1.165, 1.54) is 0 Å². The maximum absolute atomic E-state index is 13.4. The van der Waals surface area contributed by atoms with E-state index in [4.69, 9.17) is 5.73 Å². The minimum Gasteiger partial charge on any atom is -0.324 e. The van der Waals surface area contributed by atoms with Gasteiger partial charge in [0.25, 0.3) is 0 Å². The molecule has 0 amide bonds. The third-order valence-corrected chi connectivity index (χ3v) is 2.70. The number of benzene rings is 1. The fourth-order valence-electron chi connectivity index (χ4n) is 1.68. The van der Waals surface area contributed by atoms with Gasteiger partial charge < -0.3 is 5.73 Å². The number of hydrogen-bond donors (Lipinski definition) is 1. The number of nitrogens with two attached hydrogens (primary N) is 1. The van der Waals surface area contributed by atoms with Crippen molar-refractivity contribution in [2.75, 3.05) is 0 Å². The molecule has 0 aliphatic rings. The second-order valence-corrected chi connectivity index (χ2v) is 4.35. The van der Waals surface area contributed by atoms with Crippen LogP contribution < -0.4 is 5.73 Å². The van der Waals surface area contributed by atoms with Gasteiger partial charge in [0, 0.05) is 18.0 Å². The summed E-state index contributed by atoms with van der Waals surface area (Å²) in [6, 6.07) is 0.496. The molecule has 1 aromatic rings. The highest BCUT2D eigenvalue weighted by atomic mass is 19.4. The normalized spacial score (nSPS) is 14.4. The molecular weight excluding hydrogens is 291 g/mol. The zero-order valence-corrected chi connectivity index (χ0v) is 10.2. The van der Waals surface area contributed by atoms with Gasteiger partial charge in [-0.05, 0) is 31.0 Å². The van der Waals surface area contributed by atoms with Gasteiger partial charge in [0.2, 0.25) is 0 Å². The summed E-state index contributed by atoms with van der Waals surface area (Å²) in [6.07, 6.45) is -10.8. The zero-order valence-electron chi connectivity index (χ0n) is 10.2. The van der Waals surface area contributed by atoms with E-state index in [2.05, 4.69) is 0 Å². The molecule has 0 fully saturated rings. The molecule has 1 rings (SSSR count). The van der Waals surface area contributed by atoms with Gasteiger partial charge in [0.15, 0.2) is 0 Å². The summed E-state index contributed by atoms with van der Waals surface area (Å²) in [4.78, 5) is 0. The Labute approximate surface area is 110 Å². The van der Waals surface area contributed by atoms with Crippen molar-refractivity contribution in [2.45, 2.75) is 37.7 Å². The van der Waals surface area contributed by atoms with Gasteiger partial charge >= 0.3 is 12.4 Å². The molecule has 1 unspecified atom stereocenters. The van der Waals surface area contributed by atoms with Crippen LogP contribution in [0.15, 0.2) is 18.2 Å². The summed E-state index contributed by atoms with van der Waals surface area (Å²) in [5.41, 5.74) is 3.95. The van der Waals surface area contributed by atoms with Crippen molar-refractivity contribution in [3.8, 4) is 0 Å². The van der Waals surface area contributed by atoms with Crippen molar-refractivity contribution in [1.29, 1.82) is 0 Å². The smallest absolute Gasteiger partial charge is 0.324 e. The molecule has 0 aromatic heterocycles. The van der Waals surface area contributed by atoms with E-state index in [1.807, 2.05) is 0 Å². The topological polar surface area (TPSA) is 26.0 Å². The lowest BCUT2D eigenvalue weighted by Gasteiger charge is -2.16. The van der Waals surface area contributed by atoms with Crippen molar-refractivity contribution in [3.63, 3.8) is 0 Å². The molecule has 0 aliphatic carbocycles. The van der Waals surface area contributed by atoms with Gasteiger partial charge in [-0.3, -0.25) is 0 Å². The molecule has 2 N–H and O–H groups in total. The van der Waals surface area contributed by atoms with Crippen LogP contribution in [0.4, 0.5) is 30.7 Å². The van der Waals surface area contributed by atoms with Gasteiger partial charge in [0.1, 0.15) is 5.82 Å². The number of alkyl halides is 6. The predicted octanol–water partition coefficient (Wildman–Crippen LogP) is 4.58. The Bertz CT molecular complexity index is 450. The van der Waals surface area contributed by atoms with Crippen LogP contribution in [0.25, 0.3) is 0 Å². The second-order valence-electron chi connectivity index (χ2n) is 4.35. The summed E-state index contributed by atoms with van der Waals surface area (Å²) < 4.78 is 86.6. The van der Waals surface area contributed by atoms with E-state index in [9.17, 15) is 30.7 Å². The summed E-state index contributed by atoms with van der Waals surface area (Å²) in [6.45, 7) is 0. The van der Waals surface area contributed by atoms with Crippen molar-refractivity contribution >= 4 is 0 Å². The lowest BCUT2D eigenvalue weighted by atomic mass is 9.99. The van der Waals surface area contributed by atoms with E-state index >= 15 is 0 Å². The highest BCUT2D eigenvalue weighted by molar-refractivity contribution is 5.29. The first kappa shape index (κ1) is 16.7. The van der Waals surface area contributed by atoms with Crippen LogP contribution in [0.1, 0.15) is 36.4 Å². The van der Waals surface area contributed by atoms with E-state index in [-0.39, 0.29) is 12.8 Å². The largest absolute Gasteiger partial charge is 0.416 e. The van der Waals surface area contributed by atoms with E-state index in [0.717, 1.165) is 0 Å². The molecule has 0 saturated heterocycles. The van der Waals surface area contributed by atoms with E-state index in [0.29, 0.717) is 18.2 Å². The van der Waals surface area contributed by atoms with Crippen LogP contribution in [0, 0.1) is 5.82 Å². The SMILES string of the molecule is NC(CCCC(F)(F)F)c1cc(C(F)(F)F)ccc1F. The third kappa shape index (κ3) is 4.99. The maximum atomic E-state index is 13.4. The Balaban J connectivity index is 2.79. The molecule has 20 heavy (non-hydrogen) atoms. The average Bonchev–Trinajstić information content (AvgIpc) is 2.25. The minimum atomic E-state index is -4.66. The van der Waals surface area contributed by atoms with Gasteiger partial charge in [-0.15, -0.1) is 0 Å². The molecule has 0 spiro atoms. The minimum absolute atomic E-state index is 0.252. The molecule has 0 heterocycles. The van der Waals surface area contributed by atoms with E-state index < -0.39 is 41.8 Å². The standard InChI is InChI=1S/C12H12F7N/c13-9-4-3-7(12(17,18)19)6-8(9)10(20)2-1-5-11(14,15)16/h3-4,6,10H,1-2,5,20H2. The third-order valence-electron chi connectivity index (χ3n) is 2.70. The van der Waals surface area contributed by atoms with Crippen LogP contribution in [0.3, 0.4) is 0 Å². The van der Waals surface area contributed by atoms with E-state index in [1.54, 1.807) is 0 Å². The first-order valence-electron chi connectivity index (χ1n) is 5.69. The van der Waals surface area contributed by atoms with Crippen LogP contribution in [-0.4, -0.2) is 6.18 Å². The lowest BCUT2D eigenvalue weighted by molar-refractivity contribution is -0.137. The van der Waals surface area contributed by atoms with Crippen molar-refractivity contribution in [1.82, 2.24) is 0 Å². The zero-order chi connectivity index (χ0) is 15.6. The van der Waals surface area contributed by atoms with Gasteiger partial charge in [-0.25, -0.2) is 4.39 Å². The Morgan fingerprint density at radius 3 is 2.15 bits per heavy atom. The summed E-state index contributed by atoms with van der Waals surface area (Å²) in [5.74, 6) is -0.961. The maximum Gasteiger partial charge on any atom is 0.416 e. The summed E-state index contributed by atoms with van der Waals surface area (Å²) in [5, 5.41) is 0. The quantitative estimate of drug-likeness (QED) is 0.810. The fraction of sp³-hybridized carbons (Fsp3) is 0.500. The van der Waals surface area contributed by atoms with Gasteiger partial charge in [0.05, 0.1) is 5.56 Å². The molecule has 0 radical (unpaired) electrons. The highest BCUT2D eigenvalue weighted by Crippen LogP contribution is 2.33. The Hall–Kier alpha value is -1.31. The van der Waals surface area contributed by atoms with Crippen LogP contribution in [-0.2, 0) is 6.18 Å². The number of halogens is 7. The molecule has 0 bridgehead atoms. The van der Waals surface area contributed by atoms with Crippen molar-refractivity contribution in [2.24, 2.45) is 5.73 Å². The van der Waals surface area contributed by atoms with Gasteiger partial charge in [-0.2, -0.15) is 26.3 Å². The molecule has 8 heteroatoms. The number of hydrogen-bond acceptors (Lipinski definition) is 1. The lowest BCUT2D eigenvalue weighted by Crippen LogP contribution is -2.16. The Kier molecular flexibility index (Phi) is 5.01. The molecule has 1 aromatic carbocycles. The second kappa shape index (κ2) is 5.99. The van der Waals surface area contributed by atoms with Crippen molar-refractivity contribution < 1.29 is 30.7 Å². The molecule has 114 valence electrons.